The maximum absolute atomic E-state index is 9.94. The smallest absolute Gasteiger partial charge is 0.0969 e. The summed E-state index contributed by atoms with van der Waals surface area (Å²) < 4.78 is 9.02. The number of nitrogens with zero attached hydrogens (tertiary/aromatic N) is 2. The summed E-state index contributed by atoms with van der Waals surface area (Å²) in [5.74, 6) is 0. The summed E-state index contributed by atoms with van der Waals surface area (Å²) in [7, 11) is 1.71. The molecular weight excluding hydrogens is 416 g/mol. The molecule has 0 bridgehead atoms. The van der Waals surface area contributed by atoms with Crippen LogP contribution in [0.3, 0.4) is 0 Å². The van der Waals surface area contributed by atoms with Crippen LogP contribution in [0.15, 0.2) is 41.0 Å². The standard InChI is InChI=1S/C23H29BrN2O2/c1-6-26-20-10-9-16(24)12-18(20)19(13-23(3,4)14-27)22(26)17-8-7-11-25-21(17)15(2)28-5/h7-12,15,27H,6,13-14H2,1-5H3. The molecule has 0 spiro atoms. The van der Waals surface area contributed by atoms with Gasteiger partial charge in [0.25, 0.3) is 0 Å². The van der Waals surface area contributed by atoms with Crippen molar-refractivity contribution < 1.29 is 9.84 Å². The predicted octanol–water partition coefficient (Wildman–Crippen LogP) is 5.75. The number of aromatic nitrogens is 2. The van der Waals surface area contributed by atoms with Crippen LogP contribution in [0.25, 0.3) is 22.2 Å². The second kappa shape index (κ2) is 8.36. The van der Waals surface area contributed by atoms with Gasteiger partial charge < -0.3 is 14.4 Å². The van der Waals surface area contributed by atoms with Crippen LogP contribution in [0.1, 0.15) is 45.1 Å². The summed E-state index contributed by atoms with van der Waals surface area (Å²) >= 11 is 3.63. The highest BCUT2D eigenvalue weighted by atomic mass is 79.9. The van der Waals surface area contributed by atoms with Crippen molar-refractivity contribution in [1.29, 1.82) is 0 Å². The minimum atomic E-state index is -0.223. The maximum Gasteiger partial charge on any atom is 0.0969 e. The molecule has 28 heavy (non-hydrogen) atoms. The number of aliphatic hydroxyl groups is 1. The van der Waals surface area contributed by atoms with E-state index in [2.05, 4.69) is 70.5 Å². The first-order chi connectivity index (χ1) is 13.3. The molecule has 150 valence electrons. The molecule has 4 nitrogen and oxygen atoms in total. The molecule has 0 aliphatic carbocycles. The summed E-state index contributed by atoms with van der Waals surface area (Å²) in [6, 6.07) is 10.5. The Kier molecular flexibility index (Phi) is 6.28. The average Bonchev–Trinajstić information content (AvgIpc) is 2.99. The molecule has 5 heteroatoms. The highest BCUT2D eigenvalue weighted by Gasteiger charge is 2.27. The number of benzene rings is 1. The van der Waals surface area contributed by atoms with Gasteiger partial charge in [-0.25, -0.2) is 0 Å². The van der Waals surface area contributed by atoms with Crippen molar-refractivity contribution in [3.05, 3.63) is 52.3 Å². The Hall–Kier alpha value is -1.69. The molecule has 3 rings (SSSR count). The molecule has 2 aromatic heterocycles. The van der Waals surface area contributed by atoms with Crippen molar-refractivity contribution >= 4 is 26.8 Å². The summed E-state index contributed by atoms with van der Waals surface area (Å²) in [5.41, 5.74) is 5.42. The van der Waals surface area contributed by atoms with E-state index in [0.717, 1.165) is 28.7 Å². The van der Waals surface area contributed by atoms with Gasteiger partial charge in [-0.3, -0.25) is 4.98 Å². The Labute approximate surface area is 175 Å². The molecule has 0 aliphatic heterocycles. The Morgan fingerprint density at radius 2 is 2.04 bits per heavy atom. The first-order valence-electron chi connectivity index (χ1n) is 9.72. The van der Waals surface area contributed by atoms with Crippen LogP contribution in [0.4, 0.5) is 0 Å². The van der Waals surface area contributed by atoms with Gasteiger partial charge in [-0.05, 0) is 61.6 Å². The van der Waals surface area contributed by atoms with E-state index >= 15 is 0 Å². The zero-order chi connectivity index (χ0) is 20.5. The molecule has 1 aromatic carbocycles. The van der Waals surface area contributed by atoms with Crippen molar-refractivity contribution in [1.82, 2.24) is 9.55 Å². The second-order valence-electron chi connectivity index (χ2n) is 8.05. The van der Waals surface area contributed by atoms with Crippen molar-refractivity contribution in [2.75, 3.05) is 13.7 Å². The minimum Gasteiger partial charge on any atom is -0.396 e. The number of aliphatic hydroxyl groups excluding tert-OH is 1. The molecule has 1 N–H and O–H groups in total. The number of pyridine rings is 1. The SMILES string of the molecule is CCn1c(-c2cccnc2C(C)OC)c(CC(C)(C)CO)c2cc(Br)ccc21. The Bertz CT molecular complexity index is 978. The third kappa shape index (κ3) is 3.88. The highest BCUT2D eigenvalue weighted by molar-refractivity contribution is 9.10. The molecule has 0 aliphatic rings. The second-order valence-corrected chi connectivity index (χ2v) is 8.96. The molecule has 1 unspecified atom stereocenters. The van der Waals surface area contributed by atoms with Gasteiger partial charge in [-0.1, -0.05) is 29.8 Å². The van der Waals surface area contributed by atoms with Crippen molar-refractivity contribution in [3.63, 3.8) is 0 Å². The zero-order valence-electron chi connectivity index (χ0n) is 17.3. The number of halogens is 1. The third-order valence-electron chi connectivity index (χ3n) is 5.36. The molecule has 0 amide bonds. The highest BCUT2D eigenvalue weighted by Crippen LogP contribution is 2.40. The van der Waals surface area contributed by atoms with E-state index in [1.165, 1.54) is 22.2 Å². The Morgan fingerprint density at radius 1 is 1.29 bits per heavy atom. The van der Waals surface area contributed by atoms with Gasteiger partial charge >= 0.3 is 0 Å². The van der Waals surface area contributed by atoms with E-state index < -0.39 is 0 Å². The van der Waals surface area contributed by atoms with Crippen molar-refractivity contribution in [2.45, 2.75) is 46.8 Å². The molecular formula is C23H29BrN2O2. The van der Waals surface area contributed by atoms with Gasteiger partial charge in [-0.15, -0.1) is 0 Å². The van der Waals surface area contributed by atoms with E-state index in [4.69, 9.17) is 4.74 Å². The van der Waals surface area contributed by atoms with Gasteiger partial charge in [-0.2, -0.15) is 0 Å². The Morgan fingerprint density at radius 3 is 2.68 bits per heavy atom. The molecule has 0 radical (unpaired) electrons. The van der Waals surface area contributed by atoms with Gasteiger partial charge in [0.1, 0.15) is 0 Å². The van der Waals surface area contributed by atoms with Gasteiger partial charge in [0.2, 0.25) is 0 Å². The lowest BCUT2D eigenvalue weighted by Crippen LogP contribution is -2.20. The van der Waals surface area contributed by atoms with Gasteiger partial charge in [0, 0.05) is 47.4 Å². The zero-order valence-corrected chi connectivity index (χ0v) is 18.9. The van der Waals surface area contributed by atoms with Gasteiger partial charge in [0.05, 0.1) is 17.5 Å². The number of fused-ring (bicyclic) bond motifs is 1. The molecule has 2 heterocycles. The van der Waals surface area contributed by atoms with Gasteiger partial charge in [0.15, 0.2) is 0 Å². The minimum absolute atomic E-state index is 0.107. The number of hydrogen-bond acceptors (Lipinski definition) is 3. The number of ether oxygens (including phenoxy) is 1. The molecule has 1 atom stereocenters. The van der Waals surface area contributed by atoms with Crippen LogP contribution in [0, 0.1) is 5.41 Å². The average molecular weight is 445 g/mol. The molecule has 0 saturated heterocycles. The first kappa shape index (κ1) is 21.0. The third-order valence-corrected chi connectivity index (χ3v) is 5.86. The lowest BCUT2D eigenvalue weighted by atomic mass is 9.84. The van der Waals surface area contributed by atoms with Crippen LogP contribution < -0.4 is 0 Å². The molecule has 0 saturated carbocycles. The van der Waals surface area contributed by atoms with E-state index in [0.29, 0.717) is 0 Å². The summed E-state index contributed by atoms with van der Waals surface area (Å²) in [4.78, 5) is 4.65. The molecule has 0 fully saturated rings. The lowest BCUT2D eigenvalue weighted by molar-refractivity contribution is 0.116. The Balaban J connectivity index is 2.39. The fourth-order valence-corrected chi connectivity index (χ4v) is 4.16. The first-order valence-corrected chi connectivity index (χ1v) is 10.5. The topological polar surface area (TPSA) is 47.3 Å². The largest absolute Gasteiger partial charge is 0.396 e. The lowest BCUT2D eigenvalue weighted by Gasteiger charge is -2.23. The van der Waals surface area contributed by atoms with Crippen LogP contribution in [-0.2, 0) is 17.7 Å². The number of methoxy groups -OCH3 is 1. The summed E-state index contributed by atoms with van der Waals surface area (Å²) in [5, 5.41) is 11.2. The van der Waals surface area contributed by atoms with E-state index in [1.807, 2.05) is 19.2 Å². The fraction of sp³-hybridized carbons (Fsp3) is 0.435. The summed E-state index contributed by atoms with van der Waals surface area (Å²) in [6.07, 6.45) is 2.49. The summed E-state index contributed by atoms with van der Waals surface area (Å²) in [6.45, 7) is 9.38. The van der Waals surface area contributed by atoms with Crippen LogP contribution in [-0.4, -0.2) is 28.4 Å². The van der Waals surface area contributed by atoms with E-state index in [9.17, 15) is 5.11 Å². The quantitative estimate of drug-likeness (QED) is 0.504. The van der Waals surface area contributed by atoms with E-state index in [1.54, 1.807) is 7.11 Å². The van der Waals surface area contributed by atoms with Crippen molar-refractivity contribution in [3.8, 4) is 11.3 Å². The van der Waals surface area contributed by atoms with Crippen molar-refractivity contribution in [2.24, 2.45) is 5.41 Å². The number of hydrogen-bond donors (Lipinski definition) is 1. The number of rotatable bonds is 7. The van der Waals surface area contributed by atoms with Crippen LogP contribution in [0.5, 0.6) is 0 Å². The monoisotopic (exact) mass is 444 g/mol. The van der Waals surface area contributed by atoms with Crippen LogP contribution >= 0.6 is 15.9 Å². The van der Waals surface area contributed by atoms with Crippen LogP contribution in [0.2, 0.25) is 0 Å². The number of aryl methyl sites for hydroxylation is 1. The normalized spacial score (nSPS) is 13.2. The fourth-order valence-electron chi connectivity index (χ4n) is 3.80. The maximum atomic E-state index is 9.94. The molecule has 3 aromatic rings. The predicted molar refractivity (Wildman–Crippen MR) is 119 cm³/mol. The van der Waals surface area contributed by atoms with E-state index in [-0.39, 0.29) is 18.1 Å².